The van der Waals surface area contributed by atoms with Crippen molar-refractivity contribution in [1.82, 2.24) is 0 Å². The van der Waals surface area contributed by atoms with Crippen LogP contribution in [0.1, 0.15) is 19.8 Å². The smallest absolute Gasteiger partial charge is 0.203 e. The van der Waals surface area contributed by atoms with Crippen LogP contribution in [0.15, 0.2) is 18.2 Å². The lowest BCUT2D eigenvalue weighted by Crippen LogP contribution is -2.25. The fourth-order valence-electron chi connectivity index (χ4n) is 1.65. The average Bonchev–Trinajstić information content (AvgIpc) is 2.49. The fraction of sp³-hybridized carbons (Fsp3) is 0.600. The molecule has 20 heavy (non-hydrogen) atoms. The zero-order chi connectivity index (χ0) is 14.8. The van der Waals surface area contributed by atoms with E-state index in [1.807, 2.05) is 25.1 Å². The van der Waals surface area contributed by atoms with Crippen LogP contribution in [0.4, 0.5) is 0 Å². The van der Waals surface area contributed by atoms with Crippen molar-refractivity contribution in [2.45, 2.75) is 25.8 Å². The van der Waals surface area contributed by atoms with E-state index in [-0.39, 0.29) is 6.04 Å². The van der Waals surface area contributed by atoms with Gasteiger partial charge in [-0.05, 0) is 18.6 Å². The number of para-hydroxylation sites is 1. The number of benzene rings is 1. The molecule has 1 rings (SSSR count). The fourth-order valence-corrected chi connectivity index (χ4v) is 1.65. The summed E-state index contributed by atoms with van der Waals surface area (Å²) in [7, 11) is 3.22. The second-order valence-electron chi connectivity index (χ2n) is 4.44. The molecule has 0 spiro atoms. The van der Waals surface area contributed by atoms with Gasteiger partial charge in [0.15, 0.2) is 11.5 Å². The predicted molar refractivity (Wildman–Crippen MR) is 78.7 cm³/mol. The average molecular weight is 283 g/mol. The van der Waals surface area contributed by atoms with Crippen molar-refractivity contribution < 1.29 is 18.9 Å². The van der Waals surface area contributed by atoms with Gasteiger partial charge in [0.05, 0.1) is 27.4 Å². The van der Waals surface area contributed by atoms with E-state index in [4.69, 9.17) is 24.7 Å². The first-order valence-electron chi connectivity index (χ1n) is 6.90. The minimum atomic E-state index is 0.116. The molecule has 2 N–H and O–H groups in total. The van der Waals surface area contributed by atoms with Crippen molar-refractivity contribution >= 4 is 0 Å². The number of rotatable bonds is 10. The highest BCUT2D eigenvalue weighted by atomic mass is 16.5. The third-order valence-electron chi connectivity index (χ3n) is 2.92. The molecule has 1 atom stereocenters. The van der Waals surface area contributed by atoms with Gasteiger partial charge in [-0.2, -0.15) is 0 Å². The van der Waals surface area contributed by atoms with Gasteiger partial charge in [0.25, 0.3) is 0 Å². The summed E-state index contributed by atoms with van der Waals surface area (Å²) >= 11 is 0. The van der Waals surface area contributed by atoms with Crippen molar-refractivity contribution in [3.8, 4) is 17.2 Å². The molecule has 0 aromatic heterocycles. The normalized spacial score (nSPS) is 12.0. The van der Waals surface area contributed by atoms with E-state index in [9.17, 15) is 0 Å². The summed E-state index contributed by atoms with van der Waals surface area (Å²) in [5, 5.41) is 0. The highest BCUT2D eigenvalue weighted by molar-refractivity contribution is 5.51. The standard InChI is InChI=1S/C15H25NO4/c1-4-12(16)11-19-9-6-10-20-15-13(17-2)7-5-8-14(15)18-3/h5,7-8,12H,4,6,9-11,16H2,1-3H3. The summed E-state index contributed by atoms with van der Waals surface area (Å²) in [6.45, 7) is 3.81. The molecule has 1 aromatic carbocycles. The lowest BCUT2D eigenvalue weighted by atomic mass is 10.3. The molecule has 1 unspecified atom stereocenters. The molecule has 5 heteroatoms. The maximum atomic E-state index is 5.77. The van der Waals surface area contributed by atoms with Gasteiger partial charge in [-0.1, -0.05) is 13.0 Å². The number of methoxy groups -OCH3 is 2. The van der Waals surface area contributed by atoms with E-state index in [0.29, 0.717) is 37.1 Å². The van der Waals surface area contributed by atoms with Gasteiger partial charge in [0.2, 0.25) is 5.75 Å². The Hall–Kier alpha value is -1.46. The Morgan fingerprint density at radius 2 is 1.75 bits per heavy atom. The lowest BCUT2D eigenvalue weighted by Gasteiger charge is -2.14. The molecule has 0 amide bonds. The third kappa shape index (κ3) is 5.27. The molecule has 5 nitrogen and oxygen atoms in total. The van der Waals surface area contributed by atoms with Gasteiger partial charge in [0, 0.05) is 19.1 Å². The van der Waals surface area contributed by atoms with E-state index in [2.05, 4.69) is 0 Å². The van der Waals surface area contributed by atoms with E-state index in [0.717, 1.165) is 12.8 Å². The van der Waals surface area contributed by atoms with Gasteiger partial charge < -0.3 is 24.7 Å². The van der Waals surface area contributed by atoms with Crippen LogP contribution in [0.5, 0.6) is 17.2 Å². The Bertz CT molecular complexity index is 362. The Labute approximate surface area is 121 Å². The molecule has 0 bridgehead atoms. The van der Waals surface area contributed by atoms with Crippen LogP contribution in [-0.2, 0) is 4.74 Å². The van der Waals surface area contributed by atoms with E-state index in [1.54, 1.807) is 14.2 Å². The first kappa shape index (κ1) is 16.6. The van der Waals surface area contributed by atoms with Crippen LogP contribution in [0.25, 0.3) is 0 Å². The number of nitrogens with two attached hydrogens (primary N) is 1. The largest absolute Gasteiger partial charge is 0.493 e. The van der Waals surface area contributed by atoms with Crippen LogP contribution >= 0.6 is 0 Å². The molecular formula is C15H25NO4. The third-order valence-corrected chi connectivity index (χ3v) is 2.92. The molecule has 0 fully saturated rings. The van der Waals surface area contributed by atoms with Crippen molar-refractivity contribution in [3.05, 3.63) is 18.2 Å². The zero-order valence-corrected chi connectivity index (χ0v) is 12.6. The van der Waals surface area contributed by atoms with Gasteiger partial charge >= 0.3 is 0 Å². The second-order valence-corrected chi connectivity index (χ2v) is 4.44. The molecule has 0 heterocycles. The Morgan fingerprint density at radius 1 is 1.10 bits per heavy atom. The first-order valence-corrected chi connectivity index (χ1v) is 6.90. The molecular weight excluding hydrogens is 258 g/mol. The highest BCUT2D eigenvalue weighted by Gasteiger charge is 2.10. The summed E-state index contributed by atoms with van der Waals surface area (Å²) < 4.78 is 21.7. The van der Waals surface area contributed by atoms with Crippen molar-refractivity contribution in [2.75, 3.05) is 34.0 Å². The lowest BCUT2D eigenvalue weighted by molar-refractivity contribution is 0.106. The SMILES string of the molecule is CCC(N)COCCCOc1c(OC)cccc1OC. The molecule has 1 aromatic rings. The van der Waals surface area contributed by atoms with Gasteiger partial charge in [0.1, 0.15) is 0 Å². The number of hydrogen-bond donors (Lipinski definition) is 1. The second kappa shape index (κ2) is 9.44. The van der Waals surface area contributed by atoms with Gasteiger partial charge in [-0.15, -0.1) is 0 Å². The summed E-state index contributed by atoms with van der Waals surface area (Å²) in [6.07, 6.45) is 1.71. The van der Waals surface area contributed by atoms with E-state index >= 15 is 0 Å². The van der Waals surface area contributed by atoms with Crippen LogP contribution in [0.3, 0.4) is 0 Å². The molecule has 114 valence electrons. The van der Waals surface area contributed by atoms with Crippen LogP contribution in [0.2, 0.25) is 0 Å². The maximum absolute atomic E-state index is 5.77. The quantitative estimate of drug-likeness (QED) is 0.667. The van der Waals surface area contributed by atoms with Crippen LogP contribution < -0.4 is 19.9 Å². The number of ether oxygens (including phenoxy) is 4. The van der Waals surface area contributed by atoms with E-state index in [1.165, 1.54) is 0 Å². The minimum Gasteiger partial charge on any atom is -0.493 e. The Morgan fingerprint density at radius 3 is 2.30 bits per heavy atom. The summed E-state index contributed by atoms with van der Waals surface area (Å²) in [6, 6.07) is 5.66. The Balaban J connectivity index is 2.34. The Kier molecular flexibility index (Phi) is 7.84. The number of hydrogen-bond acceptors (Lipinski definition) is 5. The van der Waals surface area contributed by atoms with Crippen LogP contribution in [-0.4, -0.2) is 40.1 Å². The molecule has 0 radical (unpaired) electrons. The monoisotopic (exact) mass is 283 g/mol. The zero-order valence-electron chi connectivity index (χ0n) is 12.6. The highest BCUT2D eigenvalue weighted by Crippen LogP contribution is 2.36. The van der Waals surface area contributed by atoms with Gasteiger partial charge in [-0.3, -0.25) is 0 Å². The maximum Gasteiger partial charge on any atom is 0.203 e. The summed E-state index contributed by atoms with van der Waals surface area (Å²) in [5.41, 5.74) is 5.77. The molecule has 0 aliphatic carbocycles. The van der Waals surface area contributed by atoms with Crippen molar-refractivity contribution in [2.24, 2.45) is 5.73 Å². The predicted octanol–water partition coefficient (Wildman–Crippen LogP) is 2.23. The molecule has 0 saturated carbocycles. The van der Waals surface area contributed by atoms with Crippen LogP contribution in [0, 0.1) is 0 Å². The molecule has 0 aliphatic heterocycles. The molecule has 0 aliphatic rings. The van der Waals surface area contributed by atoms with Gasteiger partial charge in [-0.25, -0.2) is 0 Å². The molecule has 0 saturated heterocycles. The first-order chi connectivity index (χ1) is 9.72. The van der Waals surface area contributed by atoms with Crippen molar-refractivity contribution in [1.29, 1.82) is 0 Å². The summed E-state index contributed by atoms with van der Waals surface area (Å²) in [4.78, 5) is 0. The summed E-state index contributed by atoms with van der Waals surface area (Å²) in [5.74, 6) is 1.96. The van der Waals surface area contributed by atoms with Crippen molar-refractivity contribution in [3.63, 3.8) is 0 Å². The topological polar surface area (TPSA) is 62.9 Å². The van der Waals surface area contributed by atoms with E-state index < -0.39 is 0 Å². The minimum absolute atomic E-state index is 0.116.